The molecule has 0 unspecified atom stereocenters. The van der Waals surface area contributed by atoms with Crippen molar-refractivity contribution in [1.29, 1.82) is 0 Å². The van der Waals surface area contributed by atoms with E-state index in [1.807, 2.05) is 11.4 Å². The molecule has 1 N–H and O–H groups in total. The Hall–Kier alpha value is -2.41. The molecule has 3 atom stereocenters. The van der Waals surface area contributed by atoms with E-state index in [2.05, 4.69) is 67.4 Å². The van der Waals surface area contributed by atoms with E-state index in [1.165, 1.54) is 41.3 Å². The third-order valence-corrected chi connectivity index (χ3v) is 7.88. The average molecular weight is 452 g/mol. The second-order valence-electron chi connectivity index (χ2n) is 9.20. The Morgan fingerprint density at radius 2 is 1.94 bits per heavy atom. The number of rotatable bonds is 6. The van der Waals surface area contributed by atoms with Crippen LogP contribution in [0.3, 0.4) is 0 Å². The van der Waals surface area contributed by atoms with Gasteiger partial charge in [-0.25, -0.2) is 9.50 Å². The number of carbonyl (C=O) groups is 1. The molecule has 4 rings (SSSR count). The van der Waals surface area contributed by atoms with Crippen LogP contribution >= 0.6 is 11.8 Å². The summed E-state index contributed by atoms with van der Waals surface area (Å²) in [6.45, 7) is 10.8. The van der Waals surface area contributed by atoms with Gasteiger partial charge in [-0.2, -0.15) is 4.98 Å². The van der Waals surface area contributed by atoms with Gasteiger partial charge < -0.3 is 5.32 Å². The Labute approximate surface area is 194 Å². The lowest BCUT2D eigenvalue weighted by Gasteiger charge is -2.34. The molecule has 0 saturated heterocycles. The molecule has 170 valence electrons. The third-order valence-electron chi connectivity index (χ3n) is 7.04. The maximum atomic E-state index is 12.6. The van der Waals surface area contributed by atoms with E-state index in [4.69, 9.17) is 4.98 Å². The first-order chi connectivity index (χ1) is 15.3. The SMILES string of the molecule is Cc1ccccc1Cc1c(C)nc2nc(SCC(=O)N[C@@H]3CCC[C@@H](C)[C@@H]3C)nn2c1C. The molecule has 3 aromatic rings. The summed E-state index contributed by atoms with van der Waals surface area (Å²) in [5, 5.41) is 8.47. The minimum atomic E-state index is 0.0564. The molecular formula is C25H33N5OS. The van der Waals surface area contributed by atoms with E-state index in [-0.39, 0.29) is 11.9 Å². The zero-order valence-corrected chi connectivity index (χ0v) is 20.5. The Balaban J connectivity index is 1.46. The molecule has 32 heavy (non-hydrogen) atoms. The fraction of sp³-hybridized carbons (Fsp3) is 0.520. The zero-order chi connectivity index (χ0) is 22.8. The first-order valence-corrected chi connectivity index (χ1v) is 12.5. The minimum Gasteiger partial charge on any atom is -0.352 e. The molecule has 0 bridgehead atoms. The van der Waals surface area contributed by atoms with Crippen molar-refractivity contribution in [3.8, 4) is 0 Å². The monoisotopic (exact) mass is 451 g/mol. The summed E-state index contributed by atoms with van der Waals surface area (Å²) in [6.07, 6.45) is 4.33. The molecule has 1 fully saturated rings. The van der Waals surface area contributed by atoms with Gasteiger partial charge >= 0.3 is 0 Å². The number of aromatic nitrogens is 4. The number of hydrogen-bond donors (Lipinski definition) is 1. The van der Waals surface area contributed by atoms with Crippen LogP contribution < -0.4 is 5.32 Å². The highest BCUT2D eigenvalue weighted by Crippen LogP contribution is 2.29. The molecule has 1 amide bonds. The van der Waals surface area contributed by atoms with Gasteiger partial charge in [-0.15, -0.1) is 5.10 Å². The molecular weight excluding hydrogens is 418 g/mol. The molecule has 0 radical (unpaired) electrons. The topological polar surface area (TPSA) is 72.2 Å². The zero-order valence-electron chi connectivity index (χ0n) is 19.7. The Kier molecular flexibility index (Phi) is 6.84. The predicted octanol–water partition coefficient (Wildman–Crippen LogP) is 4.67. The quantitative estimate of drug-likeness (QED) is 0.551. The highest BCUT2D eigenvalue weighted by atomic mass is 32.2. The van der Waals surface area contributed by atoms with E-state index in [0.29, 0.717) is 28.5 Å². The van der Waals surface area contributed by atoms with Crippen LogP contribution in [0.5, 0.6) is 0 Å². The Morgan fingerprint density at radius 1 is 1.16 bits per heavy atom. The van der Waals surface area contributed by atoms with Gasteiger partial charge in [-0.3, -0.25) is 4.79 Å². The van der Waals surface area contributed by atoms with E-state index < -0.39 is 0 Å². The van der Waals surface area contributed by atoms with Gasteiger partial charge in [0, 0.05) is 23.9 Å². The van der Waals surface area contributed by atoms with Crippen molar-refractivity contribution in [3.63, 3.8) is 0 Å². The predicted molar refractivity (Wildman–Crippen MR) is 129 cm³/mol. The van der Waals surface area contributed by atoms with E-state index in [0.717, 1.165) is 24.2 Å². The van der Waals surface area contributed by atoms with Crippen molar-refractivity contribution < 1.29 is 4.79 Å². The smallest absolute Gasteiger partial charge is 0.253 e. The van der Waals surface area contributed by atoms with Gasteiger partial charge in [0.2, 0.25) is 11.1 Å². The number of fused-ring (bicyclic) bond motifs is 1. The highest BCUT2D eigenvalue weighted by molar-refractivity contribution is 7.99. The number of thioether (sulfide) groups is 1. The molecule has 2 aromatic heterocycles. The fourth-order valence-electron chi connectivity index (χ4n) is 4.67. The first-order valence-electron chi connectivity index (χ1n) is 11.5. The van der Waals surface area contributed by atoms with Crippen molar-refractivity contribution in [1.82, 2.24) is 24.9 Å². The molecule has 6 nitrogen and oxygen atoms in total. The van der Waals surface area contributed by atoms with Crippen molar-refractivity contribution in [2.45, 2.75) is 71.5 Å². The molecule has 1 aromatic carbocycles. The lowest BCUT2D eigenvalue weighted by Crippen LogP contribution is -2.44. The summed E-state index contributed by atoms with van der Waals surface area (Å²) in [5.74, 6) is 2.15. The summed E-state index contributed by atoms with van der Waals surface area (Å²) in [5.41, 5.74) is 5.75. The molecule has 1 saturated carbocycles. The number of carbonyl (C=O) groups excluding carboxylic acids is 1. The lowest BCUT2D eigenvalue weighted by molar-refractivity contribution is -0.120. The second-order valence-corrected chi connectivity index (χ2v) is 10.1. The van der Waals surface area contributed by atoms with Crippen molar-refractivity contribution in [2.75, 3.05) is 5.75 Å². The molecule has 1 aliphatic rings. The highest BCUT2D eigenvalue weighted by Gasteiger charge is 2.28. The summed E-state index contributed by atoms with van der Waals surface area (Å²) in [4.78, 5) is 21.8. The second kappa shape index (κ2) is 9.61. The maximum absolute atomic E-state index is 12.6. The van der Waals surface area contributed by atoms with Crippen LogP contribution in [0.4, 0.5) is 0 Å². The van der Waals surface area contributed by atoms with E-state index >= 15 is 0 Å². The summed E-state index contributed by atoms with van der Waals surface area (Å²) < 4.78 is 1.81. The number of hydrogen-bond acceptors (Lipinski definition) is 5. The summed E-state index contributed by atoms with van der Waals surface area (Å²) in [6, 6.07) is 8.70. The largest absolute Gasteiger partial charge is 0.352 e. The number of nitrogens with zero attached hydrogens (tertiary/aromatic N) is 4. The molecule has 0 aliphatic heterocycles. The van der Waals surface area contributed by atoms with Gasteiger partial charge in [0.25, 0.3) is 5.78 Å². The number of benzene rings is 1. The van der Waals surface area contributed by atoms with Crippen molar-refractivity contribution >= 4 is 23.4 Å². The lowest BCUT2D eigenvalue weighted by atomic mass is 9.78. The van der Waals surface area contributed by atoms with Crippen LogP contribution in [-0.2, 0) is 11.2 Å². The number of amides is 1. The maximum Gasteiger partial charge on any atom is 0.253 e. The van der Waals surface area contributed by atoms with Crippen LogP contribution in [0.2, 0.25) is 0 Å². The van der Waals surface area contributed by atoms with Crippen molar-refractivity contribution in [3.05, 3.63) is 52.3 Å². The van der Waals surface area contributed by atoms with Gasteiger partial charge in [0.05, 0.1) is 5.75 Å². The van der Waals surface area contributed by atoms with Gasteiger partial charge in [0.1, 0.15) is 0 Å². The summed E-state index contributed by atoms with van der Waals surface area (Å²) in [7, 11) is 0. The Morgan fingerprint density at radius 3 is 2.72 bits per heavy atom. The summed E-state index contributed by atoms with van der Waals surface area (Å²) >= 11 is 1.38. The minimum absolute atomic E-state index is 0.0564. The molecule has 0 spiro atoms. The Bertz CT molecular complexity index is 1120. The molecule has 7 heteroatoms. The standard InChI is InChI=1S/C25H33N5OS/c1-15-10-8-12-22(17(15)3)27-23(31)14-32-25-28-24-26-18(4)21(19(5)30(24)29-25)13-20-11-7-6-9-16(20)2/h6-7,9,11,15,17,22H,8,10,12-14H2,1-5H3,(H,27,31)/t15-,17+,22-/m1/s1. The first kappa shape index (κ1) is 22.8. The molecule has 2 heterocycles. The normalized spacial score (nSPS) is 21.1. The van der Waals surface area contributed by atoms with Crippen LogP contribution in [0, 0.1) is 32.6 Å². The van der Waals surface area contributed by atoms with Crippen LogP contribution in [0.1, 0.15) is 61.2 Å². The number of aryl methyl sites for hydroxylation is 3. The third kappa shape index (κ3) is 4.82. The average Bonchev–Trinajstić information content (AvgIpc) is 3.17. The van der Waals surface area contributed by atoms with Crippen LogP contribution in [-0.4, -0.2) is 37.3 Å². The van der Waals surface area contributed by atoms with Gasteiger partial charge in [0.15, 0.2) is 0 Å². The van der Waals surface area contributed by atoms with Gasteiger partial charge in [-0.05, 0) is 55.7 Å². The van der Waals surface area contributed by atoms with Crippen molar-refractivity contribution in [2.24, 2.45) is 11.8 Å². The van der Waals surface area contributed by atoms with E-state index in [1.54, 1.807) is 0 Å². The molecule has 1 aliphatic carbocycles. The van der Waals surface area contributed by atoms with Crippen LogP contribution in [0.25, 0.3) is 5.78 Å². The fourth-order valence-corrected chi connectivity index (χ4v) is 5.30. The van der Waals surface area contributed by atoms with Gasteiger partial charge in [-0.1, -0.05) is 62.7 Å². The van der Waals surface area contributed by atoms with E-state index in [9.17, 15) is 4.79 Å². The van der Waals surface area contributed by atoms with Crippen LogP contribution in [0.15, 0.2) is 29.4 Å². The number of nitrogens with one attached hydrogen (secondary N) is 1.